The summed E-state index contributed by atoms with van der Waals surface area (Å²) in [6, 6.07) is 10.4. The molecule has 0 spiro atoms. The number of rotatable bonds is 6. The zero-order valence-electron chi connectivity index (χ0n) is 14.1. The largest absolute Gasteiger partial charge is 0.481 e. The summed E-state index contributed by atoms with van der Waals surface area (Å²) in [5.74, 6) is -1.08. The van der Waals surface area contributed by atoms with Crippen LogP contribution >= 0.6 is 23.2 Å². The van der Waals surface area contributed by atoms with Gasteiger partial charge in [-0.2, -0.15) is 0 Å². The highest BCUT2D eigenvalue weighted by molar-refractivity contribution is 6.42. The fourth-order valence-electron chi connectivity index (χ4n) is 2.63. The van der Waals surface area contributed by atoms with E-state index < -0.39 is 5.97 Å². The molecule has 6 heteroatoms. The van der Waals surface area contributed by atoms with Crippen LogP contribution in [0.4, 0.5) is 5.69 Å². The first-order chi connectivity index (χ1) is 11.8. The number of hydrogen-bond acceptors (Lipinski definition) is 2. The van der Waals surface area contributed by atoms with Gasteiger partial charge >= 0.3 is 5.97 Å². The molecule has 0 bridgehead atoms. The number of carbonyl (C=O) groups is 2. The number of halogens is 2. The minimum atomic E-state index is -0.869. The van der Waals surface area contributed by atoms with E-state index in [9.17, 15) is 9.59 Å². The standard InChI is InChI=1S/C19H19Cl2NO3/c1-3-22(19(25)14-5-7-15(20)16(21)11-14)17-8-4-12(2)10-13(17)6-9-18(23)24/h4-5,7-8,10-11H,3,6,9H2,1-2H3,(H,23,24). The van der Waals surface area contributed by atoms with Crippen molar-refractivity contribution in [3.63, 3.8) is 0 Å². The van der Waals surface area contributed by atoms with E-state index in [0.29, 0.717) is 34.3 Å². The Kier molecular flexibility index (Phi) is 6.45. The zero-order chi connectivity index (χ0) is 18.6. The van der Waals surface area contributed by atoms with Gasteiger partial charge < -0.3 is 10.0 Å². The molecule has 4 nitrogen and oxygen atoms in total. The van der Waals surface area contributed by atoms with E-state index in [1.807, 2.05) is 32.0 Å². The summed E-state index contributed by atoms with van der Waals surface area (Å²) in [5, 5.41) is 9.67. The topological polar surface area (TPSA) is 57.6 Å². The molecule has 0 saturated heterocycles. The van der Waals surface area contributed by atoms with Crippen LogP contribution in [0.15, 0.2) is 36.4 Å². The maximum Gasteiger partial charge on any atom is 0.303 e. The summed E-state index contributed by atoms with van der Waals surface area (Å²) in [6.45, 7) is 4.25. The van der Waals surface area contributed by atoms with E-state index in [4.69, 9.17) is 28.3 Å². The van der Waals surface area contributed by atoms with E-state index in [-0.39, 0.29) is 12.3 Å². The van der Waals surface area contributed by atoms with Crippen LogP contribution in [0.1, 0.15) is 34.8 Å². The van der Waals surface area contributed by atoms with Crippen LogP contribution in [0.2, 0.25) is 10.0 Å². The Balaban J connectivity index is 2.40. The molecule has 0 fully saturated rings. The predicted octanol–water partition coefficient (Wildman–Crippen LogP) is 4.99. The Morgan fingerprint density at radius 2 is 1.80 bits per heavy atom. The molecule has 0 saturated carbocycles. The van der Waals surface area contributed by atoms with Gasteiger partial charge in [-0.05, 0) is 50.1 Å². The molecule has 1 N–H and O–H groups in total. The lowest BCUT2D eigenvalue weighted by Gasteiger charge is -2.24. The smallest absolute Gasteiger partial charge is 0.303 e. The number of hydrogen-bond donors (Lipinski definition) is 1. The van der Waals surface area contributed by atoms with E-state index in [0.717, 1.165) is 11.1 Å². The van der Waals surface area contributed by atoms with Crippen LogP contribution in [-0.2, 0) is 11.2 Å². The first-order valence-corrected chi connectivity index (χ1v) is 8.67. The Morgan fingerprint density at radius 1 is 1.08 bits per heavy atom. The van der Waals surface area contributed by atoms with E-state index in [1.165, 1.54) is 0 Å². The molecule has 0 atom stereocenters. The first-order valence-electron chi connectivity index (χ1n) is 7.91. The van der Waals surface area contributed by atoms with Crippen molar-refractivity contribution in [2.45, 2.75) is 26.7 Å². The van der Waals surface area contributed by atoms with Crippen molar-refractivity contribution in [3.8, 4) is 0 Å². The first kappa shape index (κ1) is 19.3. The van der Waals surface area contributed by atoms with Crippen LogP contribution in [0.3, 0.4) is 0 Å². The lowest BCUT2D eigenvalue weighted by atomic mass is 10.0. The normalized spacial score (nSPS) is 10.6. The molecule has 0 radical (unpaired) electrons. The molecular formula is C19H19Cl2NO3. The number of aryl methyl sites for hydroxylation is 2. The Bertz CT molecular complexity index is 805. The predicted molar refractivity (Wildman–Crippen MR) is 101 cm³/mol. The molecule has 2 rings (SSSR count). The third-order valence-electron chi connectivity index (χ3n) is 3.86. The van der Waals surface area contributed by atoms with E-state index >= 15 is 0 Å². The zero-order valence-corrected chi connectivity index (χ0v) is 15.6. The van der Waals surface area contributed by atoms with Crippen molar-refractivity contribution in [2.24, 2.45) is 0 Å². The Morgan fingerprint density at radius 3 is 2.40 bits per heavy atom. The third-order valence-corrected chi connectivity index (χ3v) is 4.60. The Hall–Kier alpha value is -2.04. The molecule has 0 aliphatic heterocycles. The molecule has 132 valence electrons. The van der Waals surface area contributed by atoms with Gasteiger partial charge in [-0.1, -0.05) is 40.9 Å². The van der Waals surface area contributed by atoms with Gasteiger partial charge in [-0.25, -0.2) is 0 Å². The summed E-state index contributed by atoms with van der Waals surface area (Å²) in [5.41, 5.74) is 2.99. The minimum absolute atomic E-state index is 0.00890. The van der Waals surface area contributed by atoms with Gasteiger partial charge in [0.15, 0.2) is 0 Å². The van der Waals surface area contributed by atoms with Crippen LogP contribution < -0.4 is 4.90 Å². The molecule has 0 aliphatic rings. The van der Waals surface area contributed by atoms with Gasteiger partial charge in [0.1, 0.15) is 0 Å². The average molecular weight is 380 g/mol. The summed E-state index contributed by atoms with van der Waals surface area (Å²) in [4.78, 5) is 25.5. The fraction of sp³-hybridized carbons (Fsp3) is 0.263. The molecular weight excluding hydrogens is 361 g/mol. The summed E-state index contributed by atoms with van der Waals surface area (Å²) >= 11 is 11.9. The highest BCUT2D eigenvalue weighted by Gasteiger charge is 2.20. The van der Waals surface area contributed by atoms with Crippen LogP contribution in [0, 0.1) is 6.92 Å². The molecule has 25 heavy (non-hydrogen) atoms. The molecule has 0 aromatic heterocycles. The third kappa shape index (κ3) is 4.74. The highest BCUT2D eigenvalue weighted by Crippen LogP contribution is 2.27. The highest BCUT2D eigenvalue weighted by atomic mass is 35.5. The SMILES string of the molecule is CCN(C(=O)c1ccc(Cl)c(Cl)c1)c1ccc(C)cc1CCC(=O)O. The number of carboxylic acid groups (broad SMARTS) is 1. The van der Waals surface area contributed by atoms with Gasteiger partial charge in [-0.3, -0.25) is 9.59 Å². The fourth-order valence-corrected chi connectivity index (χ4v) is 2.93. The van der Waals surface area contributed by atoms with E-state index in [1.54, 1.807) is 23.1 Å². The monoisotopic (exact) mass is 379 g/mol. The number of nitrogens with zero attached hydrogens (tertiary/aromatic N) is 1. The van der Waals surface area contributed by atoms with E-state index in [2.05, 4.69) is 0 Å². The van der Waals surface area contributed by atoms with Crippen LogP contribution in [-0.4, -0.2) is 23.5 Å². The quantitative estimate of drug-likeness (QED) is 0.769. The lowest BCUT2D eigenvalue weighted by molar-refractivity contribution is -0.136. The van der Waals surface area contributed by atoms with Crippen LogP contribution in [0.5, 0.6) is 0 Å². The van der Waals surface area contributed by atoms with Gasteiger partial charge in [-0.15, -0.1) is 0 Å². The molecule has 0 heterocycles. The number of aliphatic carboxylic acids is 1. The molecule has 2 aromatic rings. The minimum Gasteiger partial charge on any atom is -0.481 e. The number of anilines is 1. The van der Waals surface area contributed by atoms with Gasteiger partial charge in [0.2, 0.25) is 0 Å². The maximum atomic E-state index is 12.9. The number of carboxylic acids is 1. The number of amides is 1. The number of benzene rings is 2. The summed E-state index contributed by atoms with van der Waals surface area (Å²) in [7, 11) is 0. The number of carbonyl (C=O) groups excluding carboxylic acids is 1. The van der Waals surface area contributed by atoms with Gasteiger partial charge in [0, 0.05) is 24.2 Å². The van der Waals surface area contributed by atoms with Crippen molar-refractivity contribution in [1.82, 2.24) is 0 Å². The van der Waals surface area contributed by atoms with Crippen molar-refractivity contribution in [3.05, 3.63) is 63.1 Å². The maximum absolute atomic E-state index is 12.9. The van der Waals surface area contributed by atoms with Gasteiger partial charge in [0.25, 0.3) is 5.91 Å². The van der Waals surface area contributed by atoms with Gasteiger partial charge in [0.05, 0.1) is 10.0 Å². The Labute approximate surface area is 157 Å². The van der Waals surface area contributed by atoms with Crippen LogP contribution in [0.25, 0.3) is 0 Å². The molecule has 0 aliphatic carbocycles. The molecule has 2 aromatic carbocycles. The van der Waals surface area contributed by atoms with Crippen molar-refractivity contribution in [1.29, 1.82) is 0 Å². The second-order valence-electron chi connectivity index (χ2n) is 5.70. The summed E-state index contributed by atoms with van der Waals surface area (Å²) in [6.07, 6.45) is 0.368. The lowest BCUT2D eigenvalue weighted by Crippen LogP contribution is -2.31. The second-order valence-corrected chi connectivity index (χ2v) is 6.52. The van der Waals surface area contributed by atoms with Crippen molar-refractivity contribution >= 4 is 40.8 Å². The summed E-state index contributed by atoms with van der Waals surface area (Å²) < 4.78 is 0. The molecule has 0 unspecified atom stereocenters. The average Bonchev–Trinajstić information content (AvgIpc) is 2.57. The molecule has 1 amide bonds. The van der Waals surface area contributed by atoms with Crippen molar-refractivity contribution in [2.75, 3.05) is 11.4 Å². The second kappa shape index (κ2) is 8.37. The van der Waals surface area contributed by atoms with Crippen molar-refractivity contribution < 1.29 is 14.7 Å².